The van der Waals surface area contributed by atoms with Gasteiger partial charge in [-0.3, -0.25) is 0 Å². The van der Waals surface area contributed by atoms with Crippen LogP contribution in [-0.2, 0) is 17.7 Å². The maximum absolute atomic E-state index is 14.8. The number of halogens is 2. The van der Waals surface area contributed by atoms with Crippen molar-refractivity contribution in [2.75, 3.05) is 0 Å². The molecule has 0 radical (unpaired) electrons. The molecule has 130 valence electrons. The number of carboxylic acids is 1. The first-order chi connectivity index (χ1) is 12.5. The van der Waals surface area contributed by atoms with Gasteiger partial charge in [0.2, 0.25) is 0 Å². The van der Waals surface area contributed by atoms with Crippen molar-refractivity contribution < 1.29 is 36.4 Å². The number of hydrogen-bond acceptors (Lipinski definition) is 4. The van der Waals surface area contributed by atoms with Crippen LogP contribution in [0.15, 0.2) is 48.8 Å². The average molecular weight is 530 g/mol. The molecule has 1 aromatic carbocycles. The number of rotatable bonds is 4. The Bertz CT molecular complexity index is 1040. The molecule has 0 aliphatic heterocycles. The number of aromatic carboxylic acids is 1. The second-order valence-corrected chi connectivity index (χ2v) is 8.08. The Morgan fingerprint density at radius 1 is 1.12 bits per heavy atom. The van der Waals surface area contributed by atoms with Crippen molar-refractivity contribution in [3.05, 3.63) is 71.7 Å². The Hall–Kier alpha value is -3.01. The SMILES string of the molecule is N#Cc1c(F)c[c]([Ir+][c]2cccnc2C(=O)O)c(-c2ccccn2)c1F. The topological polar surface area (TPSA) is 86.9 Å². The summed E-state index contributed by atoms with van der Waals surface area (Å²) in [7, 11) is 0. The predicted molar refractivity (Wildman–Crippen MR) is 84.8 cm³/mol. The minimum atomic E-state index is -1.46. The predicted octanol–water partition coefficient (Wildman–Crippen LogP) is 2.02. The van der Waals surface area contributed by atoms with Crippen LogP contribution < -0.4 is 8.15 Å². The quantitative estimate of drug-likeness (QED) is 0.559. The van der Waals surface area contributed by atoms with Crippen LogP contribution in [-0.4, -0.2) is 21.0 Å². The van der Waals surface area contributed by atoms with E-state index in [0.717, 1.165) is 6.07 Å². The van der Waals surface area contributed by atoms with Crippen LogP contribution in [0.4, 0.5) is 8.78 Å². The summed E-state index contributed by atoms with van der Waals surface area (Å²) in [4.78, 5) is 19.3. The van der Waals surface area contributed by atoms with E-state index in [2.05, 4.69) is 9.97 Å². The van der Waals surface area contributed by atoms with Crippen molar-refractivity contribution in [3.63, 3.8) is 0 Å². The number of pyridine rings is 2. The first-order valence-electron chi connectivity index (χ1n) is 7.15. The summed E-state index contributed by atoms with van der Waals surface area (Å²) in [6, 6.07) is 10.6. The molecule has 3 aromatic rings. The van der Waals surface area contributed by atoms with Crippen molar-refractivity contribution in [1.29, 1.82) is 5.26 Å². The van der Waals surface area contributed by atoms with Crippen molar-refractivity contribution >= 4 is 14.1 Å². The van der Waals surface area contributed by atoms with Crippen molar-refractivity contribution in [2.45, 2.75) is 0 Å². The molecule has 0 unspecified atom stereocenters. The van der Waals surface area contributed by atoms with Gasteiger partial charge in [0.1, 0.15) is 0 Å². The van der Waals surface area contributed by atoms with Crippen LogP contribution in [0.3, 0.4) is 0 Å². The van der Waals surface area contributed by atoms with Gasteiger partial charge in [0, 0.05) is 0 Å². The molecule has 1 N–H and O–H groups in total. The van der Waals surface area contributed by atoms with Gasteiger partial charge >= 0.3 is 155 Å². The van der Waals surface area contributed by atoms with Gasteiger partial charge in [-0.05, 0) is 0 Å². The van der Waals surface area contributed by atoms with Crippen molar-refractivity contribution in [1.82, 2.24) is 9.97 Å². The average Bonchev–Trinajstić information content (AvgIpc) is 2.63. The summed E-state index contributed by atoms with van der Waals surface area (Å²) in [6.45, 7) is 0. The Labute approximate surface area is 154 Å². The Morgan fingerprint density at radius 2 is 1.88 bits per heavy atom. The molecule has 0 saturated carbocycles. The zero-order valence-corrected chi connectivity index (χ0v) is 15.3. The number of nitriles is 1. The van der Waals surface area contributed by atoms with Gasteiger partial charge in [0.25, 0.3) is 0 Å². The second-order valence-electron chi connectivity index (χ2n) is 4.91. The number of benzene rings is 1. The molecule has 0 saturated heterocycles. The van der Waals surface area contributed by atoms with Crippen molar-refractivity contribution in [2.24, 2.45) is 0 Å². The molecule has 8 heteroatoms. The molecule has 2 heterocycles. The Kier molecular flexibility index (Phi) is 5.12. The fourth-order valence-corrected chi connectivity index (χ4v) is 5.35. The van der Waals surface area contributed by atoms with Crippen LogP contribution >= 0.6 is 0 Å². The molecule has 0 spiro atoms. The second kappa shape index (κ2) is 7.48. The molecule has 0 aliphatic rings. The summed E-state index contributed by atoms with van der Waals surface area (Å²) in [5.74, 6) is -3.19. The molecule has 5 nitrogen and oxygen atoms in total. The minimum absolute atomic E-state index is 0.0174. The van der Waals surface area contributed by atoms with Crippen LogP contribution in [0.25, 0.3) is 11.3 Å². The van der Waals surface area contributed by atoms with Crippen LogP contribution in [0.2, 0.25) is 0 Å². The van der Waals surface area contributed by atoms with Gasteiger partial charge in [0.05, 0.1) is 0 Å². The monoisotopic (exact) mass is 530 g/mol. The van der Waals surface area contributed by atoms with E-state index in [1.165, 1.54) is 18.5 Å². The number of carbonyl (C=O) groups is 1. The van der Waals surface area contributed by atoms with Gasteiger partial charge in [-0.15, -0.1) is 0 Å². The molecular weight excluding hydrogens is 520 g/mol. The number of aromatic nitrogens is 2. The van der Waals surface area contributed by atoms with Crippen molar-refractivity contribution in [3.8, 4) is 17.3 Å². The molecule has 0 aliphatic carbocycles. The van der Waals surface area contributed by atoms with Crippen LogP contribution in [0.1, 0.15) is 16.1 Å². The van der Waals surface area contributed by atoms with E-state index in [0.29, 0.717) is 8.15 Å². The normalized spacial score (nSPS) is 10.5. The summed E-state index contributed by atoms with van der Waals surface area (Å²) >= 11 is -1.46. The van der Waals surface area contributed by atoms with Gasteiger partial charge in [-0.1, -0.05) is 0 Å². The number of hydrogen-bond donors (Lipinski definition) is 1. The summed E-state index contributed by atoms with van der Waals surface area (Å²) in [5, 5.41) is 18.3. The molecule has 26 heavy (non-hydrogen) atoms. The van der Waals surface area contributed by atoms with Crippen LogP contribution in [0, 0.1) is 23.0 Å². The molecule has 2 aromatic heterocycles. The first-order valence-corrected chi connectivity index (χ1v) is 9.54. The molecule has 3 rings (SSSR count). The Balaban J connectivity index is 2.22. The molecule has 0 bridgehead atoms. The zero-order chi connectivity index (χ0) is 18.7. The van der Waals surface area contributed by atoms with Gasteiger partial charge in [0.15, 0.2) is 0 Å². The van der Waals surface area contributed by atoms with E-state index in [4.69, 9.17) is 5.26 Å². The molecule has 0 atom stereocenters. The maximum atomic E-state index is 14.8. The fourth-order valence-electron chi connectivity index (χ4n) is 2.18. The van der Waals surface area contributed by atoms with Gasteiger partial charge in [-0.2, -0.15) is 0 Å². The van der Waals surface area contributed by atoms with E-state index in [9.17, 15) is 18.7 Å². The van der Waals surface area contributed by atoms with E-state index in [1.807, 2.05) is 0 Å². The molecule has 0 fully saturated rings. The first kappa shape index (κ1) is 17.8. The number of carboxylic acid groups (broad SMARTS) is 1. The van der Waals surface area contributed by atoms with E-state index < -0.39 is 40.9 Å². The summed E-state index contributed by atoms with van der Waals surface area (Å²) in [6.07, 6.45) is 2.80. The zero-order valence-electron chi connectivity index (χ0n) is 12.9. The standard InChI is InChI=1S/C12H5F2N2.C6H4NO2.Ir/c13-10-5-4-8(12(14)9(10)7-15)11-3-1-2-6-16-11;8-6(9)5-3-1-2-4-7-5;/h1-3,5-6H;1-2,4H,(H,8,9);/q;;+1. The van der Waals surface area contributed by atoms with Gasteiger partial charge < -0.3 is 0 Å². The summed E-state index contributed by atoms with van der Waals surface area (Å²) in [5.41, 5.74) is -0.569. The Morgan fingerprint density at radius 3 is 2.54 bits per heavy atom. The molecular formula is C18H9F2IrN3O2+. The third-order valence-electron chi connectivity index (χ3n) is 3.31. The van der Waals surface area contributed by atoms with E-state index in [-0.39, 0.29) is 17.0 Å². The fraction of sp³-hybridized carbons (Fsp3) is 0. The summed E-state index contributed by atoms with van der Waals surface area (Å²) < 4.78 is 29.7. The molecule has 0 amide bonds. The van der Waals surface area contributed by atoms with E-state index in [1.54, 1.807) is 30.3 Å². The third kappa shape index (κ3) is 3.36. The van der Waals surface area contributed by atoms with Crippen LogP contribution in [0.5, 0.6) is 0 Å². The number of nitrogens with zero attached hydrogens (tertiary/aromatic N) is 3. The van der Waals surface area contributed by atoms with Gasteiger partial charge in [-0.25, -0.2) is 0 Å². The van der Waals surface area contributed by atoms with E-state index >= 15 is 0 Å². The third-order valence-corrected chi connectivity index (χ3v) is 6.51.